The molecule has 1 amide bonds. The molecule has 4 aromatic rings. The monoisotopic (exact) mass is 409 g/mol. The molecule has 0 saturated carbocycles. The molecule has 8 heteroatoms. The van der Waals surface area contributed by atoms with Crippen LogP contribution in [0.15, 0.2) is 71.1 Å². The second-order valence-corrected chi connectivity index (χ2v) is 7.18. The summed E-state index contributed by atoms with van der Waals surface area (Å²) in [7, 11) is 0. The van der Waals surface area contributed by atoms with Gasteiger partial charge in [0, 0.05) is 33.9 Å². The van der Waals surface area contributed by atoms with Gasteiger partial charge in [-0.3, -0.25) is 18.8 Å². The molecule has 2 aromatic carbocycles. The molecule has 28 heavy (non-hydrogen) atoms. The summed E-state index contributed by atoms with van der Waals surface area (Å²) in [5.74, 6) is -0.941. The molecule has 0 fully saturated rings. The normalized spacial score (nSPS) is 10.8. The Labute approximate surface area is 168 Å². The molecule has 1 N–H and O–H groups in total. The van der Waals surface area contributed by atoms with E-state index in [1.807, 2.05) is 0 Å². The second-order valence-electron chi connectivity index (χ2n) is 5.87. The number of anilines is 1. The van der Waals surface area contributed by atoms with Crippen LogP contribution in [0.1, 0.15) is 26.3 Å². The van der Waals surface area contributed by atoms with Gasteiger partial charge in [0.05, 0.1) is 5.69 Å². The first kappa shape index (κ1) is 18.1. The second kappa shape index (κ2) is 7.38. The van der Waals surface area contributed by atoms with E-state index in [1.54, 1.807) is 48.0 Å². The number of ketones is 1. The number of benzene rings is 2. The zero-order valence-electron chi connectivity index (χ0n) is 14.3. The van der Waals surface area contributed by atoms with Crippen LogP contribution in [0.25, 0.3) is 4.96 Å². The van der Waals surface area contributed by atoms with E-state index in [1.165, 1.54) is 34.1 Å². The third-order valence-corrected chi connectivity index (χ3v) is 5.10. The molecule has 0 unspecified atom stereocenters. The van der Waals surface area contributed by atoms with Crippen molar-refractivity contribution in [2.75, 3.05) is 5.32 Å². The number of amides is 1. The summed E-state index contributed by atoms with van der Waals surface area (Å²) in [6, 6.07) is 13.2. The Hall–Kier alpha value is -3.29. The van der Waals surface area contributed by atoms with Crippen LogP contribution in [0.4, 0.5) is 5.69 Å². The number of hydrogen-bond donors (Lipinski definition) is 1. The number of carbonyl (C=O) groups excluding carboxylic acids is 2. The number of fused-ring (bicyclic) bond motifs is 1. The lowest BCUT2D eigenvalue weighted by Gasteiger charge is -2.11. The summed E-state index contributed by atoms with van der Waals surface area (Å²) in [5.41, 5.74) is 0.356. The third kappa shape index (κ3) is 3.33. The molecule has 0 bridgehead atoms. The molecule has 2 aromatic heterocycles. The highest BCUT2D eigenvalue weighted by molar-refractivity contribution is 7.15. The third-order valence-electron chi connectivity index (χ3n) is 4.10. The van der Waals surface area contributed by atoms with Crippen LogP contribution >= 0.6 is 22.9 Å². The van der Waals surface area contributed by atoms with Crippen molar-refractivity contribution < 1.29 is 9.59 Å². The summed E-state index contributed by atoms with van der Waals surface area (Å²) in [5, 5.41) is 4.70. The summed E-state index contributed by atoms with van der Waals surface area (Å²) < 4.78 is 1.30. The number of rotatable bonds is 4. The van der Waals surface area contributed by atoms with E-state index in [0.717, 1.165) is 0 Å². The van der Waals surface area contributed by atoms with Crippen molar-refractivity contribution in [3.63, 3.8) is 0 Å². The molecule has 0 aliphatic carbocycles. The number of nitrogens with one attached hydrogen (secondary N) is 1. The van der Waals surface area contributed by atoms with Gasteiger partial charge in [0.15, 0.2) is 10.7 Å². The fourth-order valence-corrected chi connectivity index (χ4v) is 3.58. The highest BCUT2D eigenvalue weighted by Crippen LogP contribution is 2.24. The van der Waals surface area contributed by atoms with Crippen molar-refractivity contribution in [2.24, 2.45) is 0 Å². The van der Waals surface area contributed by atoms with Gasteiger partial charge in [-0.2, -0.15) is 0 Å². The maximum absolute atomic E-state index is 12.9. The predicted molar refractivity (Wildman–Crippen MR) is 109 cm³/mol. The average molecular weight is 410 g/mol. The van der Waals surface area contributed by atoms with E-state index in [0.29, 0.717) is 15.5 Å². The van der Waals surface area contributed by atoms with E-state index in [-0.39, 0.29) is 22.6 Å². The Kier molecular flexibility index (Phi) is 4.77. The van der Waals surface area contributed by atoms with Gasteiger partial charge in [-0.15, -0.1) is 11.3 Å². The minimum Gasteiger partial charge on any atom is -0.321 e. The van der Waals surface area contributed by atoms with Gasteiger partial charge in [0.1, 0.15) is 5.56 Å². The Balaban J connectivity index is 1.71. The van der Waals surface area contributed by atoms with Gasteiger partial charge in [-0.05, 0) is 18.2 Å². The Morgan fingerprint density at radius 2 is 1.86 bits per heavy atom. The van der Waals surface area contributed by atoms with Gasteiger partial charge in [0.2, 0.25) is 0 Å². The van der Waals surface area contributed by atoms with Crippen molar-refractivity contribution in [1.29, 1.82) is 0 Å². The van der Waals surface area contributed by atoms with Crippen molar-refractivity contribution in [3.05, 3.63) is 98.4 Å². The number of hydrogen-bond acceptors (Lipinski definition) is 5. The Morgan fingerprint density at radius 1 is 1.07 bits per heavy atom. The molecule has 2 heterocycles. The highest BCUT2D eigenvalue weighted by atomic mass is 35.5. The number of carbonyl (C=O) groups is 2. The van der Waals surface area contributed by atoms with Crippen LogP contribution in [0.2, 0.25) is 5.02 Å². The lowest BCUT2D eigenvalue weighted by molar-refractivity contribution is 0.102. The van der Waals surface area contributed by atoms with Crippen molar-refractivity contribution in [2.45, 2.75) is 0 Å². The predicted octanol–water partition coefficient (Wildman–Crippen LogP) is 3.89. The molecule has 0 radical (unpaired) electrons. The molecular formula is C20H12ClN3O3S. The van der Waals surface area contributed by atoms with Crippen LogP contribution < -0.4 is 10.9 Å². The van der Waals surface area contributed by atoms with Crippen LogP contribution in [-0.4, -0.2) is 21.1 Å². The largest absolute Gasteiger partial charge is 0.321 e. The van der Waals surface area contributed by atoms with Crippen LogP contribution in [-0.2, 0) is 0 Å². The van der Waals surface area contributed by atoms with E-state index in [4.69, 9.17) is 11.6 Å². The molecular weight excluding hydrogens is 398 g/mol. The van der Waals surface area contributed by atoms with Crippen LogP contribution in [0.3, 0.4) is 0 Å². The lowest BCUT2D eigenvalue weighted by atomic mass is 10.0. The summed E-state index contributed by atoms with van der Waals surface area (Å²) >= 11 is 7.35. The molecule has 4 rings (SSSR count). The van der Waals surface area contributed by atoms with Crippen molar-refractivity contribution in [1.82, 2.24) is 9.38 Å². The van der Waals surface area contributed by atoms with Gasteiger partial charge in [-0.25, -0.2) is 4.98 Å². The fourth-order valence-electron chi connectivity index (χ4n) is 2.73. The zero-order chi connectivity index (χ0) is 19.7. The van der Waals surface area contributed by atoms with E-state index < -0.39 is 11.5 Å². The molecule has 0 atom stereocenters. The first-order chi connectivity index (χ1) is 13.5. The molecule has 138 valence electrons. The molecule has 0 saturated heterocycles. The maximum Gasteiger partial charge on any atom is 0.271 e. The van der Waals surface area contributed by atoms with Gasteiger partial charge < -0.3 is 5.32 Å². The quantitative estimate of drug-likeness (QED) is 0.518. The summed E-state index contributed by atoms with van der Waals surface area (Å²) in [4.78, 5) is 42.7. The van der Waals surface area contributed by atoms with Crippen molar-refractivity contribution >= 4 is 45.3 Å². The van der Waals surface area contributed by atoms with Crippen molar-refractivity contribution in [3.8, 4) is 0 Å². The molecule has 0 spiro atoms. The zero-order valence-corrected chi connectivity index (χ0v) is 15.8. The van der Waals surface area contributed by atoms with Crippen LogP contribution in [0, 0.1) is 0 Å². The number of thiazole rings is 1. The number of nitrogens with zero attached hydrogens (tertiary/aromatic N) is 2. The number of halogens is 1. The van der Waals surface area contributed by atoms with E-state index in [9.17, 15) is 14.4 Å². The topological polar surface area (TPSA) is 80.5 Å². The SMILES string of the molecule is O=C(c1ccccc1)c1cc(Cl)ccc1NC(=O)c1cnc2sccn2c1=O. The van der Waals surface area contributed by atoms with E-state index in [2.05, 4.69) is 10.3 Å². The minimum absolute atomic E-state index is 0.121. The molecule has 6 nitrogen and oxygen atoms in total. The Bertz CT molecular complexity index is 1260. The summed E-state index contributed by atoms with van der Waals surface area (Å²) in [6.45, 7) is 0. The number of aromatic nitrogens is 2. The Morgan fingerprint density at radius 3 is 2.64 bits per heavy atom. The first-order valence-electron chi connectivity index (χ1n) is 8.20. The smallest absolute Gasteiger partial charge is 0.271 e. The molecule has 0 aliphatic heterocycles. The maximum atomic E-state index is 12.9. The van der Waals surface area contributed by atoms with E-state index >= 15 is 0 Å². The highest BCUT2D eigenvalue weighted by Gasteiger charge is 2.19. The fraction of sp³-hybridized carbons (Fsp3) is 0. The lowest BCUT2D eigenvalue weighted by Crippen LogP contribution is -2.26. The average Bonchev–Trinajstić information content (AvgIpc) is 3.19. The first-order valence-corrected chi connectivity index (χ1v) is 9.46. The summed E-state index contributed by atoms with van der Waals surface area (Å²) in [6.07, 6.45) is 2.79. The van der Waals surface area contributed by atoms with Gasteiger partial charge in [0.25, 0.3) is 11.5 Å². The molecule has 0 aliphatic rings. The van der Waals surface area contributed by atoms with Gasteiger partial charge >= 0.3 is 0 Å². The minimum atomic E-state index is -0.650. The standard InChI is InChI=1S/C20H12ClN3O3S/c21-13-6-7-16(14(10-13)17(25)12-4-2-1-3-5-12)23-18(26)15-11-22-20-24(19(15)27)8-9-28-20/h1-11H,(H,23,26). The van der Waals surface area contributed by atoms with Gasteiger partial charge in [-0.1, -0.05) is 41.9 Å². The van der Waals surface area contributed by atoms with Crippen LogP contribution in [0.5, 0.6) is 0 Å².